The van der Waals surface area contributed by atoms with Crippen molar-refractivity contribution in [2.24, 2.45) is 0 Å². The molecular formula is C11H15NO. The fourth-order valence-corrected chi connectivity index (χ4v) is 1.20. The van der Waals surface area contributed by atoms with E-state index in [2.05, 4.69) is 4.98 Å². The third-order valence-electron chi connectivity index (χ3n) is 1.72. The molecule has 1 aromatic heterocycles. The Morgan fingerprint density at radius 2 is 2.08 bits per heavy atom. The lowest BCUT2D eigenvalue weighted by atomic mass is 10.1. The molecule has 0 amide bonds. The molecule has 70 valence electrons. The average molecular weight is 177 g/mol. The summed E-state index contributed by atoms with van der Waals surface area (Å²) in [5.41, 5.74) is 2.25. The van der Waals surface area contributed by atoms with Crippen molar-refractivity contribution in [3.05, 3.63) is 41.7 Å². The Balaban J connectivity index is 2.55. The summed E-state index contributed by atoms with van der Waals surface area (Å²) >= 11 is 0. The maximum Gasteiger partial charge on any atom is 0.0763 e. The number of aromatic nitrogens is 1. The quantitative estimate of drug-likeness (QED) is 0.716. The zero-order valence-electron chi connectivity index (χ0n) is 8.07. The first kappa shape index (κ1) is 9.93. The van der Waals surface area contributed by atoms with Gasteiger partial charge in [-0.25, -0.2) is 0 Å². The van der Waals surface area contributed by atoms with Gasteiger partial charge in [0.15, 0.2) is 0 Å². The number of hydrogen-bond donors (Lipinski definition) is 1. The third kappa shape index (κ3) is 3.85. The Morgan fingerprint density at radius 3 is 2.62 bits per heavy atom. The molecule has 1 atom stereocenters. The SMILES string of the molecule is CC(C)=CC(O)Cc1ccncc1. The number of rotatable bonds is 3. The number of nitrogens with zero attached hydrogens (tertiary/aromatic N) is 1. The molecule has 2 heteroatoms. The maximum absolute atomic E-state index is 9.58. The Kier molecular flexibility index (Phi) is 3.65. The Bertz CT molecular complexity index is 275. The average Bonchev–Trinajstić information content (AvgIpc) is 2.04. The van der Waals surface area contributed by atoms with E-state index in [-0.39, 0.29) is 6.10 Å². The molecule has 1 N–H and O–H groups in total. The minimum Gasteiger partial charge on any atom is -0.389 e. The van der Waals surface area contributed by atoms with Crippen molar-refractivity contribution in [3.63, 3.8) is 0 Å². The topological polar surface area (TPSA) is 33.1 Å². The van der Waals surface area contributed by atoms with Crippen LogP contribution < -0.4 is 0 Å². The van der Waals surface area contributed by atoms with Gasteiger partial charge in [-0.15, -0.1) is 0 Å². The Hall–Kier alpha value is -1.15. The summed E-state index contributed by atoms with van der Waals surface area (Å²) in [4.78, 5) is 3.92. The van der Waals surface area contributed by atoms with E-state index < -0.39 is 0 Å². The van der Waals surface area contributed by atoms with Gasteiger partial charge in [0.05, 0.1) is 6.10 Å². The summed E-state index contributed by atoms with van der Waals surface area (Å²) in [5.74, 6) is 0. The van der Waals surface area contributed by atoms with Gasteiger partial charge in [0.1, 0.15) is 0 Å². The van der Waals surface area contributed by atoms with Gasteiger partial charge in [-0.1, -0.05) is 11.6 Å². The maximum atomic E-state index is 9.58. The molecule has 0 radical (unpaired) electrons. The van der Waals surface area contributed by atoms with Crippen LogP contribution in [0, 0.1) is 0 Å². The lowest BCUT2D eigenvalue weighted by Gasteiger charge is -2.05. The van der Waals surface area contributed by atoms with Crippen LogP contribution in [0.1, 0.15) is 19.4 Å². The fraction of sp³-hybridized carbons (Fsp3) is 0.364. The van der Waals surface area contributed by atoms with Crippen molar-refractivity contribution in [1.29, 1.82) is 0 Å². The van der Waals surface area contributed by atoms with Crippen LogP contribution >= 0.6 is 0 Å². The molecule has 0 aromatic carbocycles. The Morgan fingerprint density at radius 1 is 1.46 bits per heavy atom. The van der Waals surface area contributed by atoms with Gasteiger partial charge in [-0.2, -0.15) is 0 Å². The molecule has 0 saturated heterocycles. The minimum absolute atomic E-state index is 0.382. The molecule has 13 heavy (non-hydrogen) atoms. The summed E-state index contributed by atoms with van der Waals surface area (Å²) in [6, 6.07) is 3.84. The summed E-state index contributed by atoms with van der Waals surface area (Å²) < 4.78 is 0. The van der Waals surface area contributed by atoms with Gasteiger partial charge in [0, 0.05) is 18.8 Å². The molecule has 1 aromatic rings. The van der Waals surface area contributed by atoms with Gasteiger partial charge >= 0.3 is 0 Å². The predicted molar refractivity (Wildman–Crippen MR) is 53.4 cm³/mol. The van der Waals surface area contributed by atoms with Crippen LogP contribution in [0.15, 0.2) is 36.2 Å². The summed E-state index contributed by atoms with van der Waals surface area (Å²) in [7, 11) is 0. The number of allylic oxidation sites excluding steroid dienone is 1. The Labute approximate surface area is 78.9 Å². The number of aliphatic hydroxyl groups excluding tert-OH is 1. The highest BCUT2D eigenvalue weighted by Crippen LogP contribution is 2.04. The molecule has 0 bridgehead atoms. The van der Waals surface area contributed by atoms with E-state index in [4.69, 9.17) is 0 Å². The van der Waals surface area contributed by atoms with Crippen molar-refractivity contribution in [2.75, 3.05) is 0 Å². The minimum atomic E-state index is -0.382. The fourth-order valence-electron chi connectivity index (χ4n) is 1.20. The normalized spacial score (nSPS) is 12.2. The van der Waals surface area contributed by atoms with Gasteiger partial charge in [0.25, 0.3) is 0 Å². The molecule has 0 aliphatic rings. The second kappa shape index (κ2) is 4.77. The van der Waals surface area contributed by atoms with Crippen LogP contribution in [0.3, 0.4) is 0 Å². The van der Waals surface area contributed by atoms with E-state index >= 15 is 0 Å². The summed E-state index contributed by atoms with van der Waals surface area (Å²) in [5, 5.41) is 9.58. The molecule has 2 nitrogen and oxygen atoms in total. The van der Waals surface area contributed by atoms with Crippen molar-refractivity contribution < 1.29 is 5.11 Å². The molecular weight excluding hydrogens is 162 g/mol. The zero-order valence-corrected chi connectivity index (χ0v) is 8.07. The van der Waals surface area contributed by atoms with Crippen LogP contribution in [0.4, 0.5) is 0 Å². The first-order valence-electron chi connectivity index (χ1n) is 4.40. The van der Waals surface area contributed by atoms with E-state index in [1.807, 2.05) is 32.1 Å². The second-order valence-corrected chi connectivity index (χ2v) is 3.37. The molecule has 0 spiro atoms. The van der Waals surface area contributed by atoms with E-state index in [1.165, 1.54) is 0 Å². The smallest absolute Gasteiger partial charge is 0.0763 e. The van der Waals surface area contributed by atoms with E-state index in [9.17, 15) is 5.11 Å². The van der Waals surface area contributed by atoms with E-state index in [0.717, 1.165) is 11.1 Å². The van der Waals surface area contributed by atoms with Gasteiger partial charge in [0.2, 0.25) is 0 Å². The van der Waals surface area contributed by atoms with Gasteiger partial charge in [-0.3, -0.25) is 4.98 Å². The lowest BCUT2D eigenvalue weighted by Crippen LogP contribution is -2.06. The van der Waals surface area contributed by atoms with Crippen molar-refractivity contribution in [1.82, 2.24) is 4.98 Å². The van der Waals surface area contributed by atoms with Crippen LogP contribution in [0.5, 0.6) is 0 Å². The van der Waals surface area contributed by atoms with E-state index in [0.29, 0.717) is 6.42 Å². The third-order valence-corrected chi connectivity index (χ3v) is 1.72. The number of pyridine rings is 1. The molecule has 0 aliphatic carbocycles. The molecule has 1 heterocycles. The van der Waals surface area contributed by atoms with Crippen molar-refractivity contribution >= 4 is 0 Å². The lowest BCUT2D eigenvalue weighted by molar-refractivity contribution is 0.223. The monoisotopic (exact) mass is 177 g/mol. The van der Waals surface area contributed by atoms with Crippen molar-refractivity contribution in [3.8, 4) is 0 Å². The van der Waals surface area contributed by atoms with Gasteiger partial charge < -0.3 is 5.11 Å². The highest BCUT2D eigenvalue weighted by Gasteiger charge is 2.00. The van der Waals surface area contributed by atoms with Crippen LogP contribution in [0.2, 0.25) is 0 Å². The molecule has 0 fully saturated rings. The number of aliphatic hydroxyl groups is 1. The molecule has 1 rings (SSSR count). The predicted octanol–water partition coefficient (Wildman–Crippen LogP) is 1.95. The highest BCUT2D eigenvalue weighted by molar-refractivity contribution is 5.13. The molecule has 0 aliphatic heterocycles. The summed E-state index contributed by atoms with van der Waals surface area (Å²) in [6.07, 6.45) is 5.62. The zero-order chi connectivity index (χ0) is 9.68. The van der Waals surface area contributed by atoms with Crippen LogP contribution in [-0.2, 0) is 6.42 Å². The summed E-state index contributed by atoms with van der Waals surface area (Å²) in [6.45, 7) is 3.96. The van der Waals surface area contributed by atoms with Crippen molar-refractivity contribution in [2.45, 2.75) is 26.4 Å². The first-order chi connectivity index (χ1) is 6.18. The standard InChI is InChI=1S/C11H15NO/c1-9(2)7-11(13)8-10-3-5-12-6-4-10/h3-7,11,13H,8H2,1-2H3. The largest absolute Gasteiger partial charge is 0.389 e. The highest BCUT2D eigenvalue weighted by atomic mass is 16.3. The van der Waals surface area contributed by atoms with E-state index in [1.54, 1.807) is 12.4 Å². The number of hydrogen-bond acceptors (Lipinski definition) is 2. The van der Waals surface area contributed by atoms with Crippen LogP contribution in [0.25, 0.3) is 0 Å². The van der Waals surface area contributed by atoms with Crippen LogP contribution in [-0.4, -0.2) is 16.2 Å². The molecule has 1 unspecified atom stereocenters. The first-order valence-corrected chi connectivity index (χ1v) is 4.40. The second-order valence-electron chi connectivity index (χ2n) is 3.37. The molecule has 0 saturated carbocycles. The van der Waals surface area contributed by atoms with Gasteiger partial charge in [-0.05, 0) is 31.5 Å².